The fourth-order valence-corrected chi connectivity index (χ4v) is 8.62. The maximum atomic E-state index is 2.50. The summed E-state index contributed by atoms with van der Waals surface area (Å²) >= 11 is 2.47. The highest BCUT2D eigenvalue weighted by Gasteiger charge is 2.22. The smallest absolute Gasteiger partial charge is 0.0619 e. The van der Waals surface area contributed by atoms with Gasteiger partial charge in [0, 0.05) is 47.5 Å². The van der Waals surface area contributed by atoms with Crippen LogP contribution in [0.4, 0.5) is 0 Å². The zero-order valence-corrected chi connectivity index (χ0v) is 29.8. The lowest BCUT2D eigenvalue weighted by Crippen LogP contribution is -2.02. The number of hydrogen-bond acceptors (Lipinski definition) is 0. The molecule has 0 amide bonds. The molecule has 0 spiro atoms. The van der Waals surface area contributed by atoms with E-state index in [1.165, 1.54) is 86.2 Å². The molecular formula is C48H31IN2. The van der Waals surface area contributed by atoms with Gasteiger partial charge in [0.05, 0.1) is 27.8 Å². The first kappa shape index (κ1) is 30.0. The Labute approximate surface area is 310 Å². The van der Waals surface area contributed by atoms with Crippen LogP contribution in [-0.2, 0) is 0 Å². The van der Waals surface area contributed by atoms with Crippen LogP contribution in [0.1, 0.15) is 0 Å². The molecule has 8 aromatic carbocycles. The number of benzene rings is 8. The summed E-state index contributed by atoms with van der Waals surface area (Å²) < 4.78 is 6.17. The third kappa shape index (κ3) is 4.84. The van der Waals surface area contributed by atoms with Gasteiger partial charge >= 0.3 is 0 Å². The van der Waals surface area contributed by atoms with Gasteiger partial charge in [-0.15, -0.1) is 0 Å². The van der Waals surface area contributed by atoms with Crippen molar-refractivity contribution in [3.63, 3.8) is 0 Å². The number of hydrogen-bond donors (Lipinski definition) is 0. The number of fused-ring (bicyclic) bond motifs is 6. The number of halogens is 1. The van der Waals surface area contributed by atoms with Crippen molar-refractivity contribution >= 4 is 66.2 Å². The van der Waals surface area contributed by atoms with Crippen LogP contribution in [0.25, 0.3) is 88.4 Å². The van der Waals surface area contributed by atoms with Gasteiger partial charge in [-0.25, -0.2) is 0 Å². The molecule has 10 rings (SSSR count). The van der Waals surface area contributed by atoms with Crippen LogP contribution >= 0.6 is 22.6 Å². The van der Waals surface area contributed by atoms with Gasteiger partial charge in [-0.05, 0) is 81.7 Å². The largest absolute Gasteiger partial charge is 0.309 e. The Bertz CT molecular complexity index is 2840. The molecular weight excluding hydrogens is 731 g/mol. The second-order valence-corrected chi connectivity index (χ2v) is 14.3. The Morgan fingerprint density at radius 3 is 1.41 bits per heavy atom. The van der Waals surface area contributed by atoms with Gasteiger partial charge < -0.3 is 9.13 Å². The van der Waals surface area contributed by atoms with E-state index >= 15 is 0 Å². The SMILES string of the molecule is Ic1cc(-c2ccccc2)c(-n2c3ccccc3c3cc(-n4c5ccccc5c5cccc(-c6ccccc6)c54)ccc32)c(-c2ccccc2)c1. The molecule has 0 saturated carbocycles. The lowest BCUT2D eigenvalue weighted by atomic mass is 9.95. The first-order valence-electron chi connectivity index (χ1n) is 17.3. The first-order chi connectivity index (χ1) is 25.2. The van der Waals surface area contributed by atoms with E-state index in [9.17, 15) is 0 Å². The van der Waals surface area contributed by atoms with Crippen LogP contribution in [0.3, 0.4) is 0 Å². The molecule has 0 aliphatic carbocycles. The molecule has 51 heavy (non-hydrogen) atoms. The van der Waals surface area contributed by atoms with E-state index in [1.54, 1.807) is 0 Å². The van der Waals surface area contributed by atoms with Crippen molar-refractivity contribution in [2.75, 3.05) is 0 Å². The quantitative estimate of drug-likeness (QED) is 0.155. The summed E-state index contributed by atoms with van der Waals surface area (Å²) in [5.41, 5.74) is 14.4. The second kappa shape index (κ2) is 12.1. The Hall–Kier alpha value is -5.91. The number of aromatic nitrogens is 2. The van der Waals surface area contributed by atoms with Crippen LogP contribution in [0.2, 0.25) is 0 Å². The van der Waals surface area contributed by atoms with Crippen molar-refractivity contribution < 1.29 is 0 Å². The monoisotopic (exact) mass is 762 g/mol. The summed E-state index contributed by atoms with van der Waals surface area (Å²) in [6, 6.07) is 68.4. The van der Waals surface area contributed by atoms with E-state index in [2.05, 4.69) is 220 Å². The molecule has 3 heteroatoms. The van der Waals surface area contributed by atoms with Crippen molar-refractivity contribution in [1.29, 1.82) is 0 Å². The summed E-state index contributed by atoms with van der Waals surface area (Å²) in [6.07, 6.45) is 0. The molecule has 0 aliphatic rings. The molecule has 10 aromatic rings. The van der Waals surface area contributed by atoms with Crippen molar-refractivity contribution in [3.05, 3.63) is 192 Å². The minimum atomic E-state index is 1.15. The second-order valence-electron chi connectivity index (χ2n) is 13.1. The van der Waals surface area contributed by atoms with E-state index in [0.29, 0.717) is 0 Å². The van der Waals surface area contributed by atoms with E-state index in [4.69, 9.17) is 0 Å². The number of rotatable bonds is 5. The fourth-order valence-electron chi connectivity index (χ4n) is 7.99. The molecule has 0 bridgehead atoms. The minimum Gasteiger partial charge on any atom is -0.309 e. The average Bonchev–Trinajstić information content (AvgIpc) is 3.71. The molecule has 0 aliphatic heterocycles. The third-order valence-electron chi connectivity index (χ3n) is 10.2. The van der Waals surface area contributed by atoms with Crippen LogP contribution in [0.15, 0.2) is 188 Å². The highest BCUT2D eigenvalue weighted by Crippen LogP contribution is 2.44. The van der Waals surface area contributed by atoms with E-state index in [1.807, 2.05) is 0 Å². The number of nitrogens with zero attached hydrogens (tertiary/aromatic N) is 2. The molecule has 0 saturated heterocycles. The molecule has 0 radical (unpaired) electrons. The van der Waals surface area contributed by atoms with E-state index in [0.717, 1.165) is 5.69 Å². The Morgan fingerprint density at radius 1 is 0.333 bits per heavy atom. The van der Waals surface area contributed by atoms with Crippen LogP contribution < -0.4 is 0 Å². The molecule has 0 fully saturated rings. The van der Waals surface area contributed by atoms with Gasteiger partial charge in [0.15, 0.2) is 0 Å². The summed E-state index contributed by atoms with van der Waals surface area (Å²) in [5, 5.41) is 4.97. The Morgan fingerprint density at radius 2 is 0.804 bits per heavy atom. The third-order valence-corrected chi connectivity index (χ3v) is 10.8. The molecule has 2 aromatic heterocycles. The fraction of sp³-hybridized carbons (Fsp3) is 0. The maximum Gasteiger partial charge on any atom is 0.0619 e. The predicted molar refractivity (Wildman–Crippen MR) is 224 cm³/mol. The van der Waals surface area contributed by atoms with Gasteiger partial charge in [0.2, 0.25) is 0 Å². The van der Waals surface area contributed by atoms with Crippen LogP contribution in [0.5, 0.6) is 0 Å². The molecule has 240 valence electrons. The zero-order chi connectivity index (χ0) is 33.9. The van der Waals surface area contributed by atoms with Crippen LogP contribution in [-0.4, -0.2) is 9.13 Å². The summed E-state index contributed by atoms with van der Waals surface area (Å²) in [6.45, 7) is 0. The van der Waals surface area contributed by atoms with Gasteiger partial charge in [-0.2, -0.15) is 0 Å². The van der Waals surface area contributed by atoms with Gasteiger partial charge in [0.1, 0.15) is 0 Å². The molecule has 0 atom stereocenters. The maximum absolute atomic E-state index is 2.50. The lowest BCUT2D eigenvalue weighted by molar-refractivity contribution is 1.17. The van der Waals surface area contributed by atoms with E-state index in [-0.39, 0.29) is 0 Å². The van der Waals surface area contributed by atoms with E-state index < -0.39 is 0 Å². The van der Waals surface area contributed by atoms with Gasteiger partial charge in [0.25, 0.3) is 0 Å². The molecule has 0 unspecified atom stereocenters. The van der Waals surface area contributed by atoms with Crippen molar-refractivity contribution in [3.8, 4) is 44.8 Å². The van der Waals surface area contributed by atoms with Crippen molar-refractivity contribution in [2.45, 2.75) is 0 Å². The van der Waals surface area contributed by atoms with Gasteiger partial charge in [-0.3, -0.25) is 0 Å². The number of para-hydroxylation sites is 3. The summed E-state index contributed by atoms with van der Waals surface area (Å²) in [7, 11) is 0. The molecule has 2 heterocycles. The van der Waals surface area contributed by atoms with Crippen molar-refractivity contribution in [2.24, 2.45) is 0 Å². The normalized spacial score (nSPS) is 11.6. The summed E-state index contributed by atoms with van der Waals surface area (Å²) in [4.78, 5) is 0. The van der Waals surface area contributed by atoms with Crippen LogP contribution in [0, 0.1) is 3.57 Å². The Balaban J connectivity index is 1.31. The molecule has 0 N–H and O–H groups in total. The lowest BCUT2D eigenvalue weighted by Gasteiger charge is -2.20. The topological polar surface area (TPSA) is 9.86 Å². The standard InChI is InChI=1S/C48H31IN2/c49-35-29-41(33-17-6-2-7-18-33)48(42(30-35)34-19-8-3-9-20-34)51-45-26-13-11-22-39(45)43-31-36(27-28-46(43)51)50-44-25-12-10-21-38(44)40-24-14-23-37(47(40)50)32-15-4-1-5-16-32/h1-31H. The summed E-state index contributed by atoms with van der Waals surface area (Å²) in [5.74, 6) is 0. The predicted octanol–water partition coefficient (Wildman–Crippen LogP) is 13.5. The average molecular weight is 763 g/mol. The zero-order valence-electron chi connectivity index (χ0n) is 27.7. The highest BCUT2D eigenvalue weighted by atomic mass is 127. The van der Waals surface area contributed by atoms with Crippen molar-refractivity contribution in [1.82, 2.24) is 9.13 Å². The first-order valence-corrected chi connectivity index (χ1v) is 18.4. The van der Waals surface area contributed by atoms with Gasteiger partial charge in [-0.1, -0.05) is 146 Å². The Kier molecular flexibility index (Phi) is 7.14. The molecule has 2 nitrogen and oxygen atoms in total. The highest BCUT2D eigenvalue weighted by molar-refractivity contribution is 14.1. The minimum absolute atomic E-state index is 1.15.